The van der Waals surface area contributed by atoms with Crippen LogP contribution in [0.5, 0.6) is 0 Å². The van der Waals surface area contributed by atoms with Crippen molar-refractivity contribution in [3.05, 3.63) is 76.4 Å². The highest BCUT2D eigenvalue weighted by atomic mass is 32.2. The van der Waals surface area contributed by atoms with Crippen LogP contribution < -0.4 is 5.32 Å². The average molecular weight is 520 g/mol. The first-order valence-corrected chi connectivity index (χ1v) is 14.3. The molecule has 1 N–H and O–H groups in total. The van der Waals surface area contributed by atoms with Gasteiger partial charge >= 0.3 is 0 Å². The maximum atomic E-state index is 13.9. The maximum absolute atomic E-state index is 13.9. The van der Waals surface area contributed by atoms with Gasteiger partial charge in [0.2, 0.25) is 5.91 Å². The van der Waals surface area contributed by atoms with Gasteiger partial charge in [-0.15, -0.1) is 11.3 Å². The van der Waals surface area contributed by atoms with E-state index in [1.54, 1.807) is 18.2 Å². The molecule has 2 aliphatic carbocycles. The number of benzene rings is 2. The number of carbonyl (C=O) groups excluding carboxylic acids is 2. The van der Waals surface area contributed by atoms with Crippen LogP contribution in [0.1, 0.15) is 63.4 Å². The highest BCUT2D eigenvalue weighted by molar-refractivity contribution is 8.01. The first-order valence-electron chi connectivity index (χ1n) is 12.4. The normalized spacial score (nSPS) is 14.9. The lowest BCUT2D eigenvalue weighted by Gasteiger charge is -2.16. The van der Waals surface area contributed by atoms with Gasteiger partial charge in [-0.3, -0.25) is 14.2 Å². The van der Waals surface area contributed by atoms with Gasteiger partial charge in [-0.1, -0.05) is 23.9 Å². The average Bonchev–Trinajstić information content (AvgIpc) is 3.46. The number of carbonyl (C=O) groups is 2. The molecule has 0 saturated carbocycles. The van der Waals surface area contributed by atoms with Crippen LogP contribution in [-0.2, 0) is 25.7 Å². The van der Waals surface area contributed by atoms with Gasteiger partial charge in [0, 0.05) is 17.1 Å². The molecule has 0 spiro atoms. The van der Waals surface area contributed by atoms with Crippen LogP contribution in [0.4, 0.5) is 10.1 Å². The van der Waals surface area contributed by atoms with Crippen molar-refractivity contribution in [3.63, 3.8) is 0 Å². The van der Waals surface area contributed by atoms with Gasteiger partial charge in [-0.25, -0.2) is 9.37 Å². The molecule has 0 atom stereocenters. The lowest BCUT2D eigenvalue weighted by molar-refractivity contribution is 0.0934. The third kappa shape index (κ3) is 4.37. The number of thioether (sulfide) groups is 1. The van der Waals surface area contributed by atoms with Crippen molar-refractivity contribution in [1.82, 2.24) is 9.55 Å². The summed E-state index contributed by atoms with van der Waals surface area (Å²) in [6.07, 6.45) is 8.98. The Bertz CT molecular complexity index is 1460. The monoisotopic (exact) mass is 519 g/mol. The van der Waals surface area contributed by atoms with Crippen molar-refractivity contribution in [2.24, 2.45) is 0 Å². The number of hydrogen-bond donors (Lipinski definition) is 1. The number of thiazole rings is 1. The quantitative estimate of drug-likeness (QED) is 0.299. The van der Waals surface area contributed by atoms with Gasteiger partial charge in [-0.2, -0.15) is 0 Å². The van der Waals surface area contributed by atoms with Crippen molar-refractivity contribution in [2.45, 2.75) is 55.7 Å². The lowest BCUT2D eigenvalue weighted by Crippen LogP contribution is -2.21. The molecule has 2 heterocycles. The van der Waals surface area contributed by atoms with E-state index in [1.807, 2.05) is 12.1 Å². The van der Waals surface area contributed by atoms with Gasteiger partial charge in [0.1, 0.15) is 5.82 Å². The smallest absolute Gasteiger partial charge is 0.258 e. The number of halogens is 1. The predicted molar refractivity (Wildman–Crippen MR) is 143 cm³/mol. The zero-order valence-corrected chi connectivity index (χ0v) is 21.4. The Hall–Kier alpha value is -2.97. The molecule has 184 valence electrons. The summed E-state index contributed by atoms with van der Waals surface area (Å²) in [6, 6.07) is 11.4. The summed E-state index contributed by atoms with van der Waals surface area (Å²) in [5, 5.41) is 2.76. The number of nitrogens with one attached hydrogen (secondary N) is 1. The second kappa shape index (κ2) is 9.82. The number of aromatic nitrogens is 2. The number of anilines is 1. The highest BCUT2D eigenvalue weighted by Gasteiger charge is 2.28. The fraction of sp³-hybridized carbons (Fsp3) is 0.321. The molecule has 2 aromatic carbocycles. The number of hydrogen-bond acceptors (Lipinski definition) is 5. The summed E-state index contributed by atoms with van der Waals surface area (Å²) in [4.78, 5) is 30.6. The van der Waals surface area contributed by atoms with E-state index in [0.717, 1.165) is 53.1 Å². The predicted octanol–water partition coefficient (Wildman–Crippen LogP) is 6.68. The molecule has 0 unspecified atom stereocenters. The zero-order chi connectivity index (χ0) is 24.6. The molecule has 0 fully saturated rings. The number of rotatable bonds is 5. The van der Waals surface area contributed by atoms with E-state index >= 15 is 0 Å². The lowest BCUT2D eigenvalue weighted by atomic mass is 9.89. The molecule has 0 bridgehead atoms. The molecular weight excluding hydrogens is 493 g/mol. The highest BCUT2D eigenvalue weighted by Crippen LogP contribution is 2.36. The standard InChI is InChI=1S/C28H26FN3O2S2/c29-21-10-4-1-9-20(21)27(34)30-17-13-14-22-25(15-17)36-28(31-22)35-16-26(33)32-23-11-5-2-7-18(23)19-8-3-6-12-24(19)32/h1,4,9-10,13-15H,2-3,5-8,11-12,16H2,(H,30,34). The fourth-order valence-electron chi connectivity index (χ4n) is 5.46. The molecule has 2 aromatic heterocycles. The molecular formula is C28H26FN3O2S2. The van der Waals surface area contributed by atoms with E-state index in [2.05, 4.69) is 14.9 Å². The number of nitrogens with zero attached hydrogens (tertiary/aromatic N) is 2. The summed E-state index contributed by atoms with van der Waals surface area (Å²) in [6.45, 7) is 0. The summed E-state index contributed by atoms with van der Waals surface area (Å²) >= 11 is 2.97. The molecule has 0 radical (unpaired) electrons. The molecule has 5 nitrogen and oxygen atoms in total. The Morgan fingerprint density at radius 1 is 0.972 bits per heavy atom. The van der Waals surface area contributed by atoms with Gasteiger partial charge < -0.3 is 5.32 Å². The maximum Gasteiger partial charge on any atom is 0.258 e. The van der Waals surface area contributed by atoms with Gasteiger partial charge in [0.15, 0.2) is 4.34 Å². The largest absolute Gasteiger partial charge is 0.322 e. The number of fused-ring (bicyclic) bond motifs is 4. The van der Waals surface area contributed by atoms with Crippen molar-refractivity contribution in [3.8, 4) is 0 Å². The molecule has 36 heavy (non-hydrogen) atoms. The van der Waals surface area contributed by atoms with Crippen LogP contribution >= 0.6 is 23.1 Å². The van der Waals surface area contributed by atoms with Crippen molar-refractivity contribution >= 4 is 50.8 Å². The molecule has 1 amide bonds. The van der Waals surface area contributed by atoms with Crippen LogP contribution in [0.3, 0.4) is 0 Å². The van der Waals surface area contributed by atoms with E-state index < -0.39 is 11.7 Å². The molecule has 4 aromatic rings. The third-order valence-electron chi connectivity index (χ3n) is 7.10. The second-order valence-electron chi connectivity index (χ2n) is 9.38. The van der Waals surface area contributed by atoms with Crippen molar-refractivity contribution in [2.75, 3.05) is 11.1 Å². The minimum absolute atomic E-state index is 0.00560. The van der Waals surface area contributed by atoms with Crippen LogP contribution in [0.2, 0.25) is 0 Å². The van der Waals surface area contributed by atoms with Crippen LogP contribution in [0.25, 0.3) is 10.2 Å². The Balaban J connectivity index is 1.18. The minimum Gasteiger partial charge on any atom is -0.322 e. The van der Waals surface area contributed by atoms with E-state index in [-0.39, 0.29) is 11.5 Å². The third-order valence-corrected chi connectivity index (χ3v) is 9.24. The van der Waals surface area contributed by atoms with Gasteiger partial charge in [-0.05, 0) is 92.8 Å². The Morgan fingerprint density at radius 3 is 2.39 bits per heavy atom. The van der Waals surface area contributed by atoms with E-state index in [0.29, 0.717) is 11.4 Å². The zero-order valence-electron chi connectivity index (χ0n) is 19.8. The Kier molecular flexibility index (Phi) is 6.39. The summed E-state index contributed by atoms with van der Waals surface area (Å²) in [5.74, 6) is -0.541. The first kappa shape index (κ1) is 23.4. The summed E-state index contributed by atoms with van der Waals surface area (Å²) in [5.41, 5.74) is 6.84. The van der Waals surface area contributed by atoms with Crippen molar-refractivity contribution in [1.29, 1.82) is 0 Å². The SMILES string of the molecule is O=C(Nc1ccc2nc(SCC(=O)n3c4c(c5c3CCCC5)CCCC4)sc2c1)c1ccccc1F. The van der Waals surface area contributed by atoms with Crippen molar-refractivity contribution < 1.29 is 14.0 Å². The number of amides is 1. The van der Waals surface area contributed by atoms with Gasteiger partial charge in [0.05, 0.1) is 21.5 Å². The van der Waals surface area contributed by atoms with Crippen LogP contribution in [-0.4, -0.2) is 27.1 Å². The van der Waals surface area contributed by atoms with E-state index in [1.165, 1.54) is 70.6 Å². The molecule has 0 aliphatic heterocycles. The van der Waals surface area contributed by atoms with E-state index in [9.17, 15) is 14.0 Å². The Morgan fingerprint density at radius 2 is 1.67 bits per heavy atom. The first-order chi connectivity index (χ1) is 17.6. The molecule has 2 aliphatic rings. The molecule has 8 heteroatoms. The summed E-state index contributed by atoms with van der Waals surface area (Å²) < 4.78 is 17.7. The fourth-order valence-corrected chi connectivity index (χ4v) is 7.42. The van der Waals surface area contributed by atoms with Gasteiger partial charge in [0.25, 0.3) is 5.91 Å². The minimum atomic E-state index is -0.553. The topological polar surface area (TPSA) is 64.0 Å². The van der Waals surface area contributed by atoms with Crippen LogP contribution in [0.15, 0.2) is 46.8 Å². The second-order valence-corrected chi connectivity index (χ2v) is 11.6. The summed E-state index contributed by atoms with van der Waals surface area (Å²) in [7, 11) is 0. The van der Waals surface area contributed by atoms with E-state index in [4.69, 9.17) is 0 Å². The molecule has 6 rings (SSSR count). The Labute approximate surface area is 217 Å². The molecule has 0 saturated heterocycles. The van der Waals surface area contributed by atoms with Crippen LogP contribution in [0, 0.1) is 5.82 Å².